The van der Waals surface area contributed by atoms with Gasteiger partial charge in [-0.25, -0.2) is 9.37 Å². The minimum absolute atomic E-state index is 0.135. The van der Waals surface area contributed by atoms with Crippen LogP contribution in [0.25, 0.3) is 10.2 Å². The predicted octanol–water partition coefficient (Wildman–Crippen LogP) is 2.92. The van der Waals surface area contributed by atoms with Crippen molar-refractivity contribution in [3.8, 4) is 0 Å². The van der Waals surface area contributed by atoms with Gasteiger partial charge in [-0.05, 0) is 42.0 Å². The zero-order chi connectivity index (χ0) is 18.0. The summed E-state index contributed by atoms with van der Waals surface area (Å²) in [6.45, 7) is 4.00. The lowest BCUT2D eigenvalue weighted by atomic mass is 10.1. The summed E-state index contributed by atoms with van der Waals surface area (Å²) in [5.41, 5.74) is 1.84. The number of thiophene rings is 1. The number of carbonyl (C=O) groups excluding carboxylic acids is 1. The number of fused-ring (bicyclic) bond motifs is 1. The quantitative estimate of drug-likeness (QED) is 0.762. The Morgan fingerprint density at radius 2 is 2.04 bits per heavy atom. The van der Waals surface area contributed by atoms with Crippen LogP contribution < -0.4 is 10.9 Å². The molecule has 1 amide bonds. The first-order valence-corrected chi connectivity index (χ1v) is 8.78. The number of carbonyl (C=O) groups is 1. The molecule has 0 saturated heterocycles. The molecule has 0 atom stereocenters. The van der Waals surface area contributed by atoms with Crippen LogP contribution in [0, 0.1) is 19.7 Å². The Kier molecular flexibility index (Phi) is 4.94. The topological polar surface area (TPSA) is 64.0 Å². The number of nitrogens with one attached hydrogen (secondary N) is 1. The summed E-state index contributed by atoms with van der Waals surface area (Å²) < 4.78 is 15.1. The number of hydrogen-bond donors (Lipinski definition) is 1. The van der Waals surface area contributed by atoms with Crippen LogP contribution in [0.1, 0.15) is 23.1 Å². The standard InChI is InChI=1S/C18H18FN3O2S/c1-11-7-13(8-12(2)16(11)19)9-20-15(23)3-5-22-10-21-17-14(18(22)24)4-6-25-17/h4,6-8,10H,3,5,9H2,1-2H3,(H,20,23). The first-order chi connectivity index (χ1) is 12.0. The highest BCUT2D eigenvalue weighted by molar-refractivity contribution is 7.16. The summed E-state index contributed by atoms with van der Waals surface area (Å²) in [6, 6.07) is 5.19. The maximum absolute atomic E-state index is 13.6. The molecule has 0 bridgehead atoms. The fraction of sp³-hybridized carbons (Fsp3) is 0.278. The lowest BCUT2D eigenvalue weighted by molar-refractivity contribution is -0.121. The highest BCUT2D eigenvalue weighted by atomic mass is 32.1. The van der Waals surface area contributed by atoms with Crippen molar-refractivity contribution in [2.75, 3.05) is 0 Å². The second-order valence-corrected chi connectivity index (χ2v) is 6.85. The largest absolute Gasteiger partial charge is 0.352 e. The molecule has 3 rings (SSSR count). The molecule has 0 fully saturated rings. The van der Waals surface area contributed by atoms with Crippen LogP contribution in [0.2, 0.25) is 0 Å². The van der Waals surface area contributed by atoms with E-state index < -0.39 is 0 Å². The number of hydrogen-bond acceptors (Lipinski definition) is 4. The van der Waals surface area contributed by atoms with Crippen LogP contribution >= 0.6 is 11.3 Å². The highest BCUT2D eigenvalue weighted by Gasteiger charge is 2.08. The van der Waals surface area contributed by atoms with Crippen molar-refractivity contribution < 1.29 is 9.18 Å². The summed E-state index contributed by atoms with van der Waals surface area (Å²) in [7, 11) is 0. The number of halogens is 1. The number of aryl methyl sites for hydroxylation is 3. The van der Waals surface area contributed by atoms with Crippen molar-refractivity contribution >= 4 is 27.5 Å². The van der Waals surface area contributed by atoms with Gasteiger partial charge in [-0.15, -0.1) is 11.3 Å². The van der Waals surface area contributed by atoms with Gasteiger partial charge in [0.05, 0.1) is 11.7 Å². The molecule has 5 nitrogen and oxygen atoms in total. The van der Waals surface area contributed by atoms with Crippen molar-refractivity contribution in [1.29, 1.82) is 0 Å². The lowest BCUT2D eigenvalue weighted by Crippen LogP contribution is -2.27. The third kappa shape index (κ3) is 3.76. The number of benzene rings is 1. The van der Waals surface area contributed by atoms with E-state index in [1.54, 1.807) is 32.0 Å². The van der Waals surface area contributed by atoms with Gasteiger partial charge in [0, 0.05) is 19.5 Å². The second kappa shape index (κ2) is 7.14. The minimum atomic E-state index is -0.217. The van der Waals surface area contributed by atoms with Gasteiger partial charge in [-0.2, -0.15) is 0 Å². The van der Waals surface area contributed by atoms with Crippen LogP contribution in [0.3, 0.4) is 0 Å². The first-order valence-electron chi connectivity index (χ1n) is 7.90. The van der Waals surface area contributed by atoms with Gasteiger partial charge in [0.2, 0.25) is 5.91 Å². The number of nitrogens with zero attached hydrogens (tertiary/aromatic N) is 2. The molecule has 1 aromatic carbocycles. The molecular formula is C18H18FN3O2S. The van der Waals surface area contributed by atoms with E-state index in [0.29, 0.717) is 27.9 Å². The first kappa shape index (κ1) is 17.3. The van der Waals surface area contributed by atoms with E-state index in [0.717, 1.165) is 5.56 Å². The third-order valence-electron chi connectivity index (χ3n) is 4.02. The van der Waals surface area contributed by atoms with E-state index in [4.69, 9.17) is 0 Å². The molecular weight excluding hydrogens is 341 g/mol. The molecule has 0 saturated carbocycles. The Morgan fingerprint density at radius 1 is 1.32 bits per heavy atom. The lowest BCUT2D eigenvalue weighted by Gasteiger charge is -2.09. The molecule has 0 unspecified atom stereocenters. The number of amides is 1. The van der Waals surface area contributed by atoms with Crippen molar-refractivity contribution in [1.82, 2.24) is 14.9 Å². The SMILES string of the molecule is Cc1cc(CNC(=O)CCn2cnc3sccc3c2=O)cc(C)c1F. The van der Waals surface area contributed by atoms with Crippen LogP contribution in [0.4, 0.5) is 4.39 Å². The predicted molar refractivity (Wildman–Crippen MR) is 96.2 cm³/mol. The van der Waals surface area contributed by atoms with Gasteiger partial charge < -0.3 is 5.32 Å². The van der Waals surface area contributed by atoms with Gasteiger partial charge >= 0.3 is 0 Å². The van der Waals surface area contributed by atoms with E-state index in [1.807, 2.05) is 5.38 Å². The zero-order valence-electron chi connectivity index (χ0n) is 14.0. The smallest absolute Gasteiger partial charge is 0.262 e. The summed E-state index contributed by atoms with van der Waals surface area (Å²) in [5, 5.41) is 5.20. The fourth-order valence-electron chi connectivity index (χ4n) is 2.70. The van der Waals surface area contributed by atoms with Crippen molar-refractivity contribution in [3.63, 3.8) is 0 Å². The van der Waals surface area contributed by atoms with Crippen molar-refractivity contribution in [2.24, 2.45) is 0 Å². The van der Waals surface area contributed by atoms with Crippen LogP contribution in [0.5, 0.6) is 0 Å². The normalized spacial score (nSPS) is 11.0. The molecule has 0 aliphatic carbocycles. The van der Waals surface area contributed by atoms with E-state index in [-0.39, 0.29) is 30.2 Å². The van der Waals surface area contributed by atoms with Crippen molar-refractivity contribution in [2.45, 2.75) is 33.4 Å². The summed E-state index contributed by atoms with van der Waals surface area (Å²) in [5.74, 6) is -0.386. The highest BCUT2D eigenvalue weighted by Crippen LogP contribution is 2.15. The van der Waals surface area contributed by atoms with Crippen LogP contribution in [-0.4, -0.2) is 15.5 Å². The Bertz CT molecular complexity index is 970. The van der Waals surface area contributed by atoms with Crippen LogP contribution in [-0.2, 0) is 17.9 Å². The molecule has 0 aliphatic rings. The molecule has 25 heavy (non-hydrogen) atoms. The molecule has 2 heterocycles. The minimum Gasteiger partial charge on any atom is -0.352 e. The van der Waals surface area contributed by atoms with Gasteiger partial charge in [0.1, 0.15) is 10.6 Å². The molecule has 7 heteroatoms. The van der Waals surface area contributed by atoms with E-state index >= 15 is 0 Å². The molecule has 130 valence electrons. The average Bonchev–Trinajstić information content (AvgIpc) is 3.06. The Labute approximate surface area is 148 Å². The zero-order valence-corrected chi connectivity index (χ0v) is 14.8. The third-order valence-corrected chi connectivity index (χ3v) is 4.84. The molecule has 1 N–H and O–H groups in total. The average molecular weight is 359 g/mol. The number of rotatable bonds is 5. The molecule has 3 aromatic rings. The molecule has 0 radical (unpaired) electrons. The molecule has 0 spiro atoms. The van der Waals surface area contributed by atoms with Gasteiger partial charge in [-0.3, -0.25) is 14.2 Å². The Hall–Kier alpha value is -2.54. The Balaban J connectivity index is 1.59. The van der Waals surface area contributed by atoms with Gasteiger partial charge in [0.25, 0.3) is 5.56 Å². The van der Waals surface area contributed by atoms with Crippen LogP contribution in [0.15, 0.2) is 34.7 Å². The summed E-state index contributed by atoms with van der Waals surface area (Å²) in [6.07, 6.45) is 1.65. The Morgan fingerprint density at radius 3 is 2.76 bits per heavy atom. The van der Waals surface area contributed by atoms with Crippen molar-refractivity contribution in [3.05, 3.63) is 62.8 Å². The molecule has 0 aliphatic heterocycles. The van der Waals surface area contributed by atoms with Gasteiger partial charge in [0.15, 0.2) is 0 Å². The van der Waals surface area contributed by atoms with E-state index in [1.165, 1.54) is 22.2 Å². The summed E-state index contributed by atoms with van der Waals surface area (Å²) >= 11 is 1.41. The monoisotopic (exact) mass is 359 g/mol. The van der Waals surface area contributed by atoms with Gasteiger partial charge in [-0.1, -0.05) is 12.1 Å². The molecule has 2 aromatic heterocycles. The number of aromatic nitrogens is 2. The maximum atomic E-state index is 13.6. The maximum Gasteiger partial charge on any atom is 0.262 e. The summed E-state index contributed by atoms with van der Waals surface area (Å²) in [4.78, 5) is 29.2. The van der Waals surface area contributed by atoms with E-state index in [9.17, 15) is 14.0 Å². The van der Waals surface area contributed by atoms with E-state index in [2.05, 4.69) is 10.3 Å². The fourth-order valence-corrected chi connectivity index (χ4v) is 3.42. The second-order valence-electron chi connectivity index (χ2n) is 5.95.